The molecule has 0 bridgehead atoms. The maximum Gasteiger partial charge on any atom is 0.220 e. The van der Waals surface area contributed by atoms with Gasteiger partial charge >= 0.3 is 0 Å². The number of alkyl halides is 2. The van der Waals surface area contributed by atoms with Crippen LogP contribution < -0.4 is 5.32 Å². The summed E-state index contributed by atoms with van der Waals surface area (Å²) in [6, 6.07) is 0.326. The predicted molar refractivity (Wildman–Crippen MR) is 47.7 cm³/mol. The average molecular weight is 271 g/mol. The minimum atomic E-state index is 0.176. The summed E-state index contributed by atoms with van der Waals surface area (Å²) in [5.41, 5.74) is 0. The van der Waals surface area contributed by atoms with Gasteiger partial charge in [-0.25, -0.2) is 0 Å². The van der Waals surface area contributed by atoms with Crippen molar-refractivity contribution in [2.75, 3.05) is 5.33 Å². The van der Waals surface area contributed by atoms with Gasteiger partial charge in [-0.3, -0.25) is 4.79 Å². The summed E-state index contributed by atoms with van der Waals surface area (Å²) in [6.45, 7) is 0. The second kappa shape index (κ2) is 3.72. The van der Waals surface area contributed by atoms with E-state index in [1.54, 1.807) is 0 Å². The molecule has 0 aromatic carbocycles. The van der Waals surface area contributed by atoms with Crippen molar-refractivity contribution in [2.45, 2.75) is 23.7 Å². The van der Waals surface area contributed by atoms with Gasteiger partial charge < -0.3 is 5.32 Å². The molecule has 1 aliphatic heterocycles. The second-order valence-corrected chi connectivity index (χ2v) is 4.21. The van der Waals surface area contributed by atoms with Crippen LogP contribution in [0, 0.1) is 0 Å². The highest BCUT2D eigenvalue weighted by Crippen LogP contribution is 2.17. The standard InChI is InChI=1S/C6H9Br2NO/c7-3-4(8)5-1-2-6(10)9-5/h4-5H,1-3H2,(H,9,10)/t4-,5?/m0/s1. The van der Waals surface area contributed by atoms with Crippen molar-refractivity contribution < 1.29 is 4.79 Å². The van der Waals surface area contributed by atoms with Crippen LogP contribution in [0.25, 0.3) is 0 Å². The number of hydrogen-bond acceptors (Lipinski definition) is 1. The molecule has 1 aliphatic rings. The van der Waals surface area contributed by atoms with Crippen molar-refractivity contribution in [1.82, 2.24) is 5.32 Å². The lowest BCUT2D eigenvalue weighted by Gasteiger charge is -2.13. The Morgan fingerprint density at radius 2 is 2.50 bits per heavy atom. The fraction of sp³-hybridized carbons (Fsp3) is 0.833. The largest absolute Gasteiger partial charge is 0.352 e. The highest BCUT2D eigenvalue weighted by atomic mass is 79.9. The Labute approximate surface area is 77.0 Å². The normalized spacial score (nSPS) is 28.2. The van der Waals surface area contributed by atoms with Crippen LogP contribution in [0.5, 0.6) is 0 Å². The Morgan fingerprint density at radius 3 is 2.90 bits per heavy atom. The van der Waals surface area contributed by atoms with Gasteiger partial charge in [-0.15, -0.1) is 0 Å². The molecule has 1 unspecified atom stereocenters. The zero-order valence-corrected chi connectivity index (χ0v) is 8.61. The van der Waals surface area contributed by atoms with Crippen molar-refractivity contribution >= 4 is 37.8 Å². The number of rotatable bonds is 2. The van der Waals surface area contributed by atoms with Gasteiger partial charge in [0, 0.05) is 22.6 Å². The van der Waals surface area contributed by atoms with Crippen LogP contribution in [0.2, 0.25) is 0 Å². The average Bonchev–Trinajstić information content (AvgIpc) is 2.34. The van der Waals surface area contributed by atoms with E-state index in [9.17, 15) is 4.79 Å². The molecule has 1 heterocycles. The summed E-state index contributed by atoms with van der Waals surface area (Å²) in [5, 5.41) is 3.78. The lowest BCUT2D eigenvalue weighted by Crippen LogP contribution is -2.33. The number of halogens is 2. The van der Waals surface area contributed by atoms with E-state index in [1.165, 1.54) is 0 Å². The number of nitrogens with one attached hydrogen (secondary N) is 1. The van der Waals surface area contributed by atoms with Crippen LogP contribution >= 0.6 is 31.9 Å². The van der Waals surface area contributed by atoms with Crippen molar-refractivity contribution in [3.8, 4) is 0 Å². The molecule has 1 amide bonds. The summed E-state index contributed by atoms with van der Waals surface area (Å²) < 4.78 is 0. The van der Waals surface area contributed by atoms with E-state index in [4.69, 9.17) is 0 Å². The van der Waals surface area contributed by atoms with E-state index in [0.29, 0.717) is 17.3 Å². The van der Waals surface area contributed by atoms with Gasteiger partial charge in [-0.1, -0.05) is 31.9 Å². The fourth-order valence-electron chi connectivity index (χ4n) is 1.02. The van der Waals surface area contributed by atoms with Gasteiger partial charge in [-0.05, 0) is 6.42 Å². The maximum absolute atomic E-state index is 10.7. The summed E-state index contributed by atoms with van der Waals surface area (Å²) in [7, 11) is 0. The topological polar surface area (TPSA) is 29.1 Å². The minimum Gasteiger partial charge on any atom is -0.352 e. The maximum atomic E-state index is 10.7. The van der Waals surface area contributed by atoms with Crippen molar-refractivity contribution in [1.29, 1.82) is 0 Å². The van der Waals surface area contributed by atoms with Gasteiger partial charge in [0.2, 0.25) is 5.91 Å². The number of hydrogen-bond donors (Lipinski definition) is 1. The highest BCUT2D eigenvalue weighted by Gasteiger charge is 2.25. The first-order valence-corrected chi connectivity index (χ1v) is 5.27. The molecule has 0 aromatic rings. The Bertz CT molecular complexity index is 140. The molecule has 0 saturated carbocycles. The first-order chi connectivity index (χ1) is 4.74. The van der Waals surface area contributed by atoms with Gasteiger partial charge in [0.15, 0.2) is 0 Å². The minimum absolute atomic E-state index is 0.176. The third kappa shape index (κ3) is 1.95. The van der Waals surface area contributed by atoms with Crippen LogP contribution in [0.1, 0.15) is 12.8 Å². The first kappa shape index (κ1) is 8.53. The smallest absolute Gasteiger partial charge is 0.220 e. The summed E-state index contributed by atoms with van der Waals surface area (Å²) in [5.74, 6) is 0.176. The van der Waals surface area contributed by atoms with Crippen molar-refractivity contribution in [2.24, 2.45) is 0 Å². The van der Waals surface area contributed by atoms with E-state index < -0.39 is 0 Å². The lowest BCUT2D eigenvalue weighted by molar-refractivity contribution is -0.119. The Morgan fingerprint density at radius 1 is 1.80 bits per heavy atom. The Kier molecular flexibility index (Phi) is 3.17. The molecule has 2 atom stereocenters. The van der Waals surface area contributed by atoms with Crippen molar-refractivity contribution in [3.63, 3.8) is 0 Å². The molecule has 58 valence electrons. The molecule has 0 aliphatic carbocycles. The van der Waals surface area contributed by atoms with Crippen LogP contribution in [0.4, 0.5) is 0 Å². The van der Waals surface area contributed by atoms with E-state index in [1.807, 2.05) is 0 Å². The molecule has 0 radical (unpaired) electrons. The molecule has 1 rings (SSSR count). The van der Waals surface area contributed by atoms with E-state index in [2.05, 4.69) is 37.2 Å². The summed E-state index contributed by atoms with van der Waals surface area (Å²) in [6.07, 6.45) is 1.64. The zero-order chi connectivity index (χ0) is 7.56. The first-order valence-electron chi connectivity index (χ1n) is 3.23. The lowest BCUT2D eigenvalue weighted by atomic mass is 10.2. The molecule has 1 saturated heterocycles. The number of carbonyl (C=O) groups is 1. The molecule has 0 aromatic heterocycles. The Hall–Kier alpha value is 0.430. The molecular weight excluding hydrogens is 262 g/mol. The summed E-state index contributed by atoms with van der Waals surface area (Å²) in [4.78, 5) is 11.1. The molecule has 2 nitrogen and oxygen atoms in total. The molecule has 0 spiro atoms. The molecule has 1 fully saturated rings. The quantitative estimate of drug-likeness (QED) is 0.756. The molecule has 4 heteroatoms. The Balaban J connectivity index is 2.36. The van der Waals surface area contributed by atoms with E-state index in [0.717, 1.165) is 11.8 Å². The van der Waals surface area contributed by atoms with E-state index in [-0.39, 0.29) is 5.91 Å². The SMILES string of the molecule is O=C1CCC([C@@H](Br)CBr)N1. The van der Waals surface area contributed by atoms with Crippen LogP contribution in [0.15, 0.2) is 0 Å². The van der Waals surface area contributed by atoms with Crippen LogP contribution in [-0.4, -0.2) is 22.1 Å². The third-order valence-corrected chi connectivity index (χ3v) is 4.14. The van der Waals surface area contributed by atoms with Gasteiger partial charge in [0.1, 0.15) is 0 Å². The second-order valence-electron chi connectivity index (χ2n) is 2.38. The zero-order valence-electron chi connectivity index (χ0n) is 5.44. The van der Waals surface area contributed by atoms with Gasteiger partial charge in [0.05, 0.1) is 0 Å². The molecule has 1 N–H and O–H groups in total. The van der Waals surface area contributed by atoms with Crippen molar-refractivity contribution in [3.05, 3.63) is 0 Å². The molecule has 10 heavy (non-hydrogen) atoms. The van der Waals surface area contributed by atoms with Gasteiger partial charge in [-0.2, -0.15) is 0 Å². The number of amides is 1. The monoisotopic (exact) mass is 269 g/mol. The molecular formula is C6H9Br2NO. The van der Waals surface area contributed by atoms with E-state index >= 15 is 0 Å². The highest BCUT2D eigenvalue weighted by molar-refractivity contribution is 9.12. The van der Waals surface area contributed by atoms with Gasteiger partial charge in [0.25, 0.3) is 0 Å². The third-order valence-electron chi connectivity index (χ3n) is 1.61. The van der Waals surface area contributed by atoms with Crippen LogP contribution in [-0.2, 0) is 4.79 Å². The fourth-order valence-corrected chi connectivity index (χ4v) is 1.86. The number of carbonyl (C=O) groups excluding carboxylic acids is 1. The van der Waals surface area contributed by atoms with Crippen LogP contribution in [0.3, 0.4) is 0 Å². The summed E-state index contributed by atoms with van der Waals surface area (Å²) >= 11 is 6.82. The predicted octanol–water partition coefficient (Wildman–Crippen LogP) is 1.42.